The first kappa shape index (κ1) is 50.4. The summed E-state index contributed by atoms with van der Waals surface area (Å²) in [6.45, 7) is 4.02. The van der Waals surface area contributed by atoms with Crippen molar-refractivity contribution in [2.24, 2.45) is 0 Å². The van der Waals surface area contributed by atoms with Crippen molar-refractivity contribution in [1.82, 2.24) is 0 Å². The largest absolute Gasteiger partial charge is 0.489 e. The second-order valence-electron chi connectivity index (χ2n) is 17.4. The lowest BCUT2D eigenvalue weighted by Crippen LogP contribution is -2.62. The van der Waals surface area contributed by atoms with Gasteiger partial charge in [0.15, 0.2) is 17.6 Å². The third-order valence-electron chi connectivity index (χ3n) is 12.1. The molecule has 0 spiro atoms. The van der Waals surface area contributed by atoms with Gasteiger partial charge in [0.25, 0.3) is 0 Å². The summed E-state index contributed by atoms with van der Waals surface area (Å²) in [6, 6.07) is 45.3. The maximum absolute atomic E-state index is 14.0. The quantitative estimate of drug-likeness (QED) is 0.0289. The first-order chi connectivity index (χ1) is 35.1. The van der Waals surface area contributed by atoms with Gasteiger partial charge >= 0.3 is 23.9 Å². The van der Waals surface area contributed by atoms with Crippen molar-refractivity contribution in [2.45, 2.75) is 103 Å². The maximum Gasteiger partial charge on any atom is 0.338 e. The molecule has 0 saturated carbocycles. The van der Waals surface area contributed by atoms with E-state index in [0.717, 1.165) is 31.2 Å². The van der Waals surface area contributed by atoms with Crippen LogP contribution in [0.5, 0.6) is 17.2 Å². The normalized spacial score (nSPS) is 17.3. The minimum atomic E-state index is -1.48. The number of benzene rings is 6. The van der Waals surface area contributed by atoms with Gasteiger partial charge in [-0.3, -0.25) is 9.59 Å². The average molecular weight is 973 g/mol. The van der Waals surface area contributed by atoms with Crippen molar-refractivity contribution >= 4 is 34.8 Å². The van der Waals surface area contributed by atoms with E-state index in [4.69, 9.17) is 37.6 Å². The van der Waals surface area contributed by atoms with Crippen molar-refractivity contribution in [3.63, 3.8) is 0 Å². The third kappa shape index (κ3) is 13.2. The van der Waals surface area contributed by atoms with E-state index in [1.807, 2.05) is 30.3 Å². The molecule has 1 saturated heterocycles. The summed E-state index contributed by atoms with van der Waals surface area (Å²) in [5.41, 5.74) is 1.76. The topological polar surface area (TPSA) is 163 Å². The molecule has 370 valence electrons. The minimum Gasteiger partial charge on any atom is -0.489 e. The first-order valence-corrected chi connectivity index (χ1v) is 24.3. The molecule has 0 amide bonds. The molecule has 7 aromatic rings. The van der Waals surface area contributed by atoms with Gasteiger partial charge in [-0.05, 0) is 79.6 Å². The van der Waals surface area contributed by atoms with Crippen LogP contribution < -0.4 is 19.6 Å². The van der Waals surface area contributed by atoms with Crippen LogP contribution in [0, 0.1) is 0 Å². The van der Waals surface area contributed by atoms with E-state index < -0.39 is 60.0 Å². The van der Waals surface area contributed by atoms with E-state index in [-0.39, 0.29) is 57.9 Å². The zero-order valence-corrected chi connectivity index (χ0v) is 40.1. The smallest absolute Gasteiger partial charge is 0.338 e. The lowest BCUT2D eigenvalue weighted by atomic mass is 9.98. The van der Waals surface area contributed by atoms with Crippen molar-refractivity contribution in [3.05, 3.63) is 196 Å². The highest BCUT2D eigenvalue weighted by Crippen LogP contribution is 2.35. The number of carbonyl (C=O) groups excluding carboxylic acids is 4. The number of carbonyl (C=O) groups is 4. The Bertz CT molecular complexity index is 2960. The Labute approximate surface area is 417 Å². The van der Waals surface area contributed by atoms with E-state index in [2.05, 4.69) is 6.92 Å². The molecule has 1 aromatic heterocycles. The fourth-order valence-electron chi connectivity index (χ4n) is 8.29. The van der Waals surface area contributed by atoms with Crippen molar-refractivity contribution in [3.8, 4) is 28.6 Å². The van der Waals surface area contributed by atoms with Crippen LogP contribution in [0.3, 0.4) is 0 Å². The molecular formula is C59H56O13. The van der Waals surface area contributed by atoms with Crippen LogP contribution in [0.4, 0.5) is 0 Å². The van der Waals surface area contributed by atoms with Gasteiger partial charge in [-0.1, -0.05) is 130 Å². The number of rotatable bonds is 21. The number of ether oxygens (including phenoxy) is 7. The predicted molar refractivity (Wildman–Crippen MR) is 269 cm³/mol. The molecule has 2 heterocycles. The zero-order valence-electron chi connectivity index (χ0n) is 40.1. The van der Waals surface area contributed by atoms with Gasteiger partial charge in [0.1, 0.15) is 40.6 Å². The molecule has 8 rings (SSSR count). The van der Waals surface area contributed by atoms with Crippen LogP contribution in [0.25, 0.3) is 22.3 Å². The summed E-state index contributed by atoms with van der Waals surface area (Å²) in [6.07, 6.45) is 0.938. The highest BCUT2D eigenvalue weighted by atomic mass is 16.7. The SMILES string of the molecule is CCCCCCCCCC(=O)Oc1cc(OCc2ccccc2)cc2oc(-c3ccc(O[C@H]4O[C@H](C)[C@@H](OC(=O)c5ccccc5)[C@H](OC(=O)c5ccccc5)[C@@H]4OC(=O)c4ccccc4)cc3)cc(=O)c12. The van der Waals surface area contributed by atoms with Crippen LogP contribution in [-0.4, -0.2) is 54.6 Å². The van der Waals surface area contributed by atoms with Crippen LogP contribution in [0.2, 0.25) is 0 Å². The highest BCUT2D eigenvalue weighted by molar-refractivity contribution is 5.92. The van der Waals surface area contributed by atoms with E-state index in [1.165, 1.54) is 25.0 Å². The lowest BCUT2D eigenvalue weighted by Gasteiger charge is -2.43. The second-order valence-corrected chi connectivity index (χ2v) is 17.4. The highest BCUT2D eigenvalue weighted by Gasteiger charge is 2.52. The number of unbranched alkanes of at least 4 members (excludes halogenated alkanes) is 6. The summed E-state index contributed by atoms with van der Waals surface area (Å²) in [5, 5.41) is 0.0913. The molecule has 13 heteroatoms. The van der Waals surface area contributed by atoms with Crippen LogP contribution in [0.15, 0.2) is 173 Å². The molecule has 0 unspecified atom stereocenters. The monoisotopic (exact) mass is 972 g/mol. The van der Waals surface area contributed by atoms with Crippen LogP contribution in [0.1, 0.15) is 102 Å². The number of hydrogen-bond acceptors (Lipinski definition) is 13. The lowest BCUT2D eigenvalue weighted by molar-refractivity contribution is -0.266. The molecule has 13 nitrogen and oxygen atoms in total. The van der Waals surface area contributed by atoms with Crippen LogP contribution >= 0.6 is 0 Å². The molecule has 1 aliphatic rings. The summed E-state index contributed by atoms with van der Waals surface area (Å²) < 4.78 is 49.4. The molecule has 1 fully saturated rings. The van der Waals surface area contributed by atoms with Gasteiger partial charge in [0.2, 0.25) is 12.4 Å². The van der Waals surface area contributed by atoms with E-state index in [1.54, 1.807) is 128 Å². The van der Waals surface area contributed by atoms with Crippen molar-refractivity contribution in [2.75, 3.05) is 0 Å². The van der Waals surface area contributed by atoms with Gasteiger partial charge < -0.3 is 37.6 Å². The third-order valence-corrected chi connectivity index (χ3v) is 12.1. The standard InChI is InChI=1S/C59H56O13/c1-3-4-5-6-7-8-21-30-51(61)69-50-36-46(65-38-40-22-13-9-14-23-40)35-49-52(50)47(60)37-48(68-49)41-31-33-45(34-32-41)67-59-55(72-58(64)44-28-19-12-20-29-44)54(71-57(63)43-26-17-11-18-27-43)53(39(2)66-59)70-56(62)42-24-15-10-16-25-42/h9-20,22-29,31-37,39,53-55,59H,3-8,21,30,38H2,1-2H3/t39-,53-,54+,55+,59-/m1/s1. The molecule has 5 atom stereocenters. The van der Waals surface area contributed by atoms with E-state index in [9.17, 15) is 24.0 Å². The summed E-state index contributed by atoms with van der Waals surface area (Å²) >= 11 is 0. The fraction of sp³-hybridized carbons (Fsp3) is 0.271. The molecule has 72 heavy (non-hydrogen) atoms. The number of esters is 4. The van der Waals surface area contributed by atoms with Crippen molar-refractivity contribution < 1.29 is 56.8 Å². The Hall–Kier alpha value is -8.03. The van der Waals surface area contributed by atoms with Gasteiger partial charge in [-0.2, -0.15) is 0 Å². The summed E-state index contributed by atoms with van der Waals surface area (Å²) in [7, 11) is 0. The Morgan fingerprint density at radius 2 is 1.08 bits per heavy atom. The Balaban J connectivity index is 1.07. The van der Waals surface area contributed by atoms with Crippen molar-refractivity contribution in [1.29, 1.82) is 0 Å². The number of fused-ring (bicyclic) bond motifs is 1. The Kier molecular flexibility index (Phi) is 17.3. The van der Waals surface area contributed by atoms with E-state index >= 15 is 0 Å². The molecular weight excluding hydrogens is 917 g/mol. The van der Waals surface area contributed by atoms with Gasteiger partial charge in [0, 0.05) is 30.2 Å². The predicted octanol–water partition coefficient (Wildman–Crippen LogP) is 11.9. The average Bonchev–Trinajstić information content (AvgIpc) is 3.40. The number of hydrogen-bond donors (Lipinski definition) is 0. The Morgan fingerprint density at radius 3 is 1.67 bits per heavy atom. The maximum atomic E-state index is 14.0. The second kappa shape index (κ2) is 24.7. The van der Waals surface area contributed by atoms with E-state index in [0.29, 0.717) is 17.7 Å². The fourth-order valence-corrected chi connectivity index (χ4v) is 8.29. The molecule has 0 radical (unpaired) electrons. The van der Waals surface area contributed by atoms with Gasteiger partial charge in [-0.25, -0.2) is 14.4 Å². The molecule has 1 aliphatic heterocycles. The molecule has 0 bridgehead atoms. The summed E-state index contributed by atoms with van der Waals surface area (Å²) in [4.78, 5) is 68.3. The van der Waals surface area contributed by atoms with Gasteiger partial charge in [0.05, 0.1) is 22.8 Å². The molecule has 6 aromatic carbocycles. The molecule has 0 N–H and O–H groups in total. The Morgan fingerprint density at radius 1 is 0.556 bits per heavy atom. The van der Waals surface area contributed by atoms with Gasteiger partial charge in [-0.15, -0.1) is 0 Å². The molecule has 0 aliphatic carbocycles. The summed E-state index contributed by atoms with van der Waals surface area (Å²) in [5.74, 6) is -1.89. The minimum absolute atomic E-state index is 0.0432. The zero-order chi connectivity index (χ0) is 50.2. The first-order valence-electron chi connectivity index (χ1n) is 24.3. The van der Waals surface area contributed by atoms with Crippen LogP contribution in [-0.2, 0) is 30.3 Å².